The second-order valence-corrected chi connectivity index (χ2v) is 6.70. The van der Waals surface area contributed by atoms with Gasteiger partial charge in [0.15, 0.2) is 0 Å². The summed E-state index contributed by atoms with van der Waals surface area (Å²) < 4.78 is 1.97. The van der Waals surface area contributed by atoms with Gasteiger partial charge in [-0.05, 0) is 28.3 Å². The average molecular weight is 357 g/mol. The van der Waals surface area contributed by atoms with Crippen LogP contribution in [0.15, 0.2) is 15.5 Å². The maximum atomic E-state index is 12.2. The highest BCUT2D eigenvalue weighted by atomic mass is 79.9. The van der Waals surface area contributed by atoms with Crippen molar-refractivity contribution >= 4 is 27.5 Å². The molecule has 1 N–H and O–H groups in total. The number of anilines is 1. The van der Waals surface area contributed by atoms with E-state index in [0.29, 0.717) is 35.6 Å². The number of piperidine rings is 1. The van der Waals surface area contributed by atoms with Crippen LogP contribution < -0.4 is 10.9 Å². The highest BCUT2D eigenvalue weighted by molar-refractivity contribution is 9.10. The highest BCUT2D eigenvalue weighted by Crippen LogP contribution is 2.20. The predicted octanol–water partition coefficient (Wildman–Crippen LogP) is 1.69. The Labute approximate surface area is 132 Å². The number of hydrogen-bond acceptors (Lipinski definition) is 4. The number of nitrogens with zero attached hydrogens (tertiary/aromatic N) is 3. The average Bonchev–Trinajstić information content (AvgIpc) is 2.42. The van der Waals surface area contributed by atoms with E-state index in [9.17, 15) is 9.59 Å². The van der Waals surface area contributed by atoms with Crippen LogP contribution in [0.1, 0.15) is 26.7 Å². The Kier molecular flexibility index (Phi) is 5.03. The number of likely N-dealkylation sites (N-methyl/N-ethyl adjacent to an activating group) is 1. The third-order valence-electron chi connectivity index (χ3n) is 3.51. The Bertz CT molecular complexity index is 585. The monoisotopic (exact) mass is 356 g/mol. The summed E-state index contributed by atoms with van der Waals surface area (Å²) in [5, 5.41) is 7.51. The number of likely N-dealkylation sites (tertiary alicyclic amines) is 1. The van der Waals surface area contributed by atoms with Crippen molar-refractivity contribution in [2.45, 2.75) is 39.3 Å². The van der Waals surface area contributed by atoms with Crippen LogP contribution in [0, 0.1) is 5.92 Å². The van der Waals surface area contributed by atoms with Gasteiger partial charge in [0.25, 0.3) is 5.56 Å². The first kappa shape index (κ1) is 16.0. The van der Waals surface area contributed by atoms with Crippen LogP contribution >= 0.6 is 15.9 Å². The lowest BCUT2D eigenvalue weighted by Gasteiger charge is -2.30. The first-order valence-corrected chi connectivity index (χ1v) is 7.94. The van der Waals surface area contributed by atoms with E-state index >= 15 is 0 Å². The van der Waals surface area contributed by atoms with Crippen LogP contribution in [-0.2, 0) is 11.3 Å². The van der Waals surface area contributed by atoms with Gasteiger partial charge in [-0.25, -0.2) is 4.68 Å². The summed E-state index contributed by atoms with van der Waals surface area (Å²) in [7, 11) is 1.80. The summed E-state index contributed by atoms with van der Waals surface area (Å²) in [4.78, 5) is 25.4. The largest absolute Gasteiger partial charge is 0.378 e. The molecule has 0 aromatic carbocycles. The normalized spacial score (nSPS) is 19.2. The van der Waals surface area contributed by atoms with Gasteiger partial charge >= 0.3 is 0 Å². The van der Waals surface area contributed by atoms with Crippen molar-refractivity contribution < 1.29 is 4.79 Å². The number of carbonyl (C=O) groups excluding carboxylic acids is 1. The molecule has 0 spiro atoms. The zero-order valence-electron chi connectivity index (χ0n) is 12.6. The lowest BCUT2D eigenvalue weighted by molar-refractivity contribution is -0.132. The molecule has 116 valence electrons. The lowest BCUT2D eigenvalue weighted by Crippen LogP contribution is -2.43. The third-order valence-corrected chi connectivity index (χ3v) is 4.28. The van der Waals surface area contributed by atoms with E-state index in [4.69, 9.17) is 0 Å². The van der Waals surface area contributed by atoms with Crippen LogP contribution in [0.25, 0.3) is 0 Å². The van der Waals surface area contributed by atoms with Crippen molar-refractivity contribution in [3.63, 3.8) is 0 Å². The molecule has 0 saturated carbocycles. The van der Waals surface area contributed by atoms with E-state index in [1.54, 1.807) is 18.1 Å². The van der Waals surface area contributed by atoms with Crippen molar-refractivity contribution in [3.8, 4) is 0 Å². The van der Waals surface area contributed by atoms with Crippen molar-refractivity contribution in [2.24, 2.45) is 5.92 Å². The van der Waals surface area contributed by atoms with Crippen molar-refractivity contribution in [1.29, 1.82) is 0 Å². The fourth-order valence-electron chi connectivity index (χ4n) is 2.39. The van der Waals surface area contributed by atoms with Gasteiger partial charge < -0.3 is 10.2 Å². The van der Waals surface area contributed by atoms with Crippen LogP contribution in [0.5, 0.6) is 0 Å². The topological polar surface area (TPSA) is 67.2 Å². The molecule has 2 heterocycles. The number of amides is 1. The number of hydrogen-bond donors (Lipinski definition) is 1. The van der Waals surface area contributed by atoms with Gasteiger partial charge in [0.05, 0.1) is 11.9 Å². The van der Waals surface area contributed by atoms with Gasteiger partial charge in [0, 0.05) is 32.6 Å². The van der Waals surface area contributed by atoms with Gasteiger partial charge in [-0.15, -0.1) is 0 Å². The zero-order valence-corrected chi connectivity index (χ0v) is 14.2. The van der Waals surface area contributed by atoms with E-state index < -0.39 is 0 Å². The summed E-state index contributed by atoms with van der Waals surface area (Å²) in [6, 6.07) is 0.145. The molecular formula is C14H21BrN4O2. The molecule has 1 fully saturated rings. The van der Waals surface area contributed by atoms with E-state index in [1.807, 2.05) is 13.8 Å². The smallest absolute Gasteiger partial charge is 0.283 e. The molecule has 1 unspecified atom stereocenters. The first-order chi connectivity index (χ1) is 9.88. The van der Waals surface area contributed by atoms with Gasteiger partial charge in [-0.3, -0.25) is 9.59 Å². The second-order valence-electron chi connectivity index (χ2n) is 5.91. The van der Waals surface area contributed by atoms with Crippen LogP contribution in [0.3, 0.4) is 0 Å². The molecule has 1 aromatic rings. The molecule has 1 saturated heterocycles. The Morgan fingerprint density at radius 3 is 2.81 bits per heavy atom. The van der Waals surface area contributed by atoms with E-state index in [0.717, 1.165) is 6.42 Å². The molecule has 1 aliphatic rings. The van der Waals surface area contributed by atoms with E-state index in [2.05, 4.69) is 26.3 Å². The number of aromatic nitrogens is 2. The lowest BCUT2D eigenvalue weighted by atomic mass is 10.1. The fraction of sp³-hybridized carbons (Fsp3) is 0.643. The maximum absolute atomic E-state index is 12.2. The van der Waals surface area contributed by atoms with Crippen molar-refractivity contribution in [1.82, 2.24) is 14.7 Å². The quantitative estimate of drug-likeness (QED) is 0.891. The van der Waals surface area contributed by atoms with Crippen LogP contribution in [0.4, 0.5) is 5.69 Å². The number of nitrogens with one attached hydrogen (secondary N) is 1. The predicted molar refractivity (Wildman–Crippen MR) is 85.3 cm³/mol. The summed E-state index contributed by atoms with van der Waals surface area (Å²) in [5.41, 5.74) is 0.557. The van der Waals surface area contributed by atoms with Gasteiger partial charge in [0.1, 0.15) is 4.47 Å². The molecule has 1 aliphatic heterocycles. The van der Waals surface area contributed by atoms with Crippen molar-refractivity contribution in [3.05, 3.63) is 21.0 Å². The Morgan fingerprint density at radius 2 is 2.19 bits per heavy atom. The van der Waals surface area contributed by atoms with Gasteiger partial charge in [-0.1, -0.05) is 13.8 Å². The molecule has 1 aromatic heterocycles. The molecule has 0 bridgehead atoms. The van der Waals surface area contributed by atoms with Crippen LogP contribution in [0.2, 0.25) is 0 Å². The van der Waals surface area contributed by atoms with E-state index in [1.165, 1.54) is 4.68 Å². The Hall–Kier alpha value is -1.37. The SMILES string of the molecule is CC(C)Cn1ncc(NC2CCC(=O)N(C)C2)c(Br)c1=O. The third kappa shape index (κ3) is 3.84. The summed E-state index contributed by atoms with van der Waals surface area (Å²) in [5.74, 6) is 0.525. The molecule has 1 atom stereocenters. The van der Waals surface area contributed by atoms with Gasteiger partial charge in [-0.2, -0.15) is 5.10 Å². The minimum absolute atomic E-state index is 0.131. The number of halogens is 1. The second kappa shape index (κ2) is 6.60. The Balaban J connectivity index is 2.13. The molecule has 2 rings (SSSR count). The number of carbonyl (C=O) groups is 1. The molecule has 6 nitrogen and oxygen atoms in total. The molecule has 21 heavy (non-hydrogen) atoms. The van der Waals surface area contributed by atoms with E-state index in [-0.39, 0.29) is 17.5 Å². The van der Waals surface area contributed by atoms with Gasteiger partial charge in [0.2, 0.25) is 5.91 Å². The molecule has 0 radical (unpaired) electrons. The van der Waals surface area contributed by atoms with Crippen molar-refractivity contribution in [2.75, 3.05) is 18.9 Å². The Morgan fingerprint density at radius 1 is 1.48 bits per heavy atom. The minimum atomic E-state index is -0.131. The standard InChI is InChI=1S/C14H21BrN4O2/c1-9(2)7-19-14(21)13(15)11(6-16-19)17-10-4-5-12(20)18(3)8-10/h6,9-10,17H,4-5,7-8H2,1-3H3. The molecule has 7 heteroatoms. The first-order valence-electron chi connectivity index (χ1n) is 7.14. The highest BCUT2D eigenvalue weighted by Gasteiger charge is 2.23. The maximum Gasteiger partial charge on any atom is 0.283 e. The molecular weight excluding hydrogens is 336 g/mol. The van der Waals surface area contributed by atoms with Crippen LogP contribution in [-0.4, -0.2) is 40.2 Å². The molecule has 0 aliphatic carbocycles. The minimum Gasteiger partial charge on any atom is -0.378 e. The summed E-state index contributed by atoms with van der Waals surface area (Å²) >= 11 is 3.36. The summed E-state index contributed by atoms with van der Waals surface area (Å²) in [6.07, 6.45) is 2.97. The summed E-state index contributed by atoms with van der Waals surface area (Å²) in [6.45, 7) is 5.32. The number of rotatable bonds is 4. The fourth-order valence-corrected chi connectivity index (χ4v) is 2.81. The molecule has 1 amide bonds. The zero-order chi connectivity index (χ0) is 15.6.